The van der Waals surface area contributed by atoms with E-state index >= 15 is 0 Å². The molecule has 1 atom stereocenters. The molecule has 1 saturated carbocycles. The van der Waals surface area contributed by atoms with Crippen LogP contribution in [0, 0.1) is 5.92 Å². The Balaban J connectivity index is 2.01. The highest BCUT2D eigenvalue weighted by molar-refractivity contribution is 5.97. The summed E-state index contributed by atoms with van der Waals surface area (Å²) in [6.07, 6.45) is 8.61. The van der Waals surface area contributed by atoms with Gasteiger partial charge in [-0.05, 0) is 6.42 Å². The summed E-state index contributed by atoms with van der Waals surface area (Å²) in [6.45, 7) is 2.18. The van der Waals surface area contributed by atoms with Crippen molar-refractivity contribution in [3.05, 3.63) is 12.2 Å². The predicted octanol–water partition coefficient (Wildman–Crippen LogP) is 2.32. The fourth-order valence-corrected chi connectivity index (χ4v) is 0.916. The second-order valence-corrected chi connectivity index (χ2v) is 2.85. The normalized spacial score (nSPS) is 24.1. The van der Waals surface area contributed by atoms with Crippen molar-refractivity contribution in [2.24, 2.45) is 5.92 Å². The van der Waals surface area contributed by atoms with E-state index in [1.165, 1.54) is 12.8 Å². The molecule has 56 valence electrons. The second kappa shape index (κ2) is 3.55. The largest absolute Gasteiger partial charge is 0.299 e. The summed E-state index contributed by atoms with van der Waals surface area (Å²) in [5, 5.41) is 0. The first kappa shape index (κ1) is 7.52. The summed E-state index contributed by atoms with van der Waals surface area (Å²) >= 11 is 0. The number of unbranched alkanes of at least 4 members (excludes halogenated alkanes) is 2. The van der Waals surface area contributed by atoms with Crippen molar-refractivity contribution in [2.75, 3.05) is 0 Å². The Hall–Kier alpha value is -0.590. The Morgan fingerprint density at radius 1 is 1.70 bits per heavy atom. The van der Waals surface area contributed by atoms with E-state index in [-0.39, 0.29) is 0 Å². The summed E-state index contributed by atoms with van der Waals surface area (Å²) < 4.78 is 0. The van der Waals surface area contributed by atoms with Gasteiger partial charge in [0.2, 0.25) is 0 Å². The molecule has 1 aliphatic rings. The van der Waals surface area contributed by atoms with E-state index in [0.29, 0.717) is 11.7 Å². The standard InChI is InChI=1S/C9H14O/c1-2-3-4-5-6-8-7-9(8)10/h5-6,8H,2-4,7H2,1H3/b6-5-. The first-order valence-electron chi connectivity index (χ1n) is 4.04. The minimum atomic E-state index is 0.303. The quantitative estimate of drug-likeness (QED) is 0.430. The summed E-state index contributed by atoms with van der Waals surface area (Å²) in [7, 11) is 0. The molecule has 1 unspecified atom stereocenters. The molecule has 0 spiro atoms. The van der Waals surface area contributed by atoms with Crippen LogP contribution in [0.4, 0.5) is 0 Å². The summed E-state index contributed by atoms with van der Waals surface area (Å²) in [5.74, 6) is 0.713. The maximum absolute atomic E-state index is 10.5. The fourth-order valence-electron chi connectivity index (χ4n) is 0.916. The lowest BCUT2D eigenvalue weighted by atomic mass is 10.2. The van der Waals surface area contributed by atoms with Crippen molar-refractivity contribution >= 4 is 5.78 Å². The molecule has 1 heteroatoms. The van der Waals surface area contributed by atoms with Crippen LogP contribution in [-0.4, -0.2) is 5.78 Å². The van der Waals surface area contributed by atoms with Gasteiger partial charge in [-0.3, -0.25) is 4.79 Å². The van der Waals surface area contributed by atoms with Gasteiger partial charge in [-0.25, -0.2) is 0 Å². The highest BCUT2D eigenvalue weighted by Crippen LogP contribution is 2.25. The van der Waals surface area contributed by atoms with Crippen LogP contribution in [-0.2, 0) is 4.79 Å². The number of hydrogen-bond acceptors (Lipinski definition) is 1. The molecular weight excluding hydrogens is 124 g/mol. The van der Waals surface area contributed by atoms with E-state index in [2.05, 4.69) is 19.1 Å². The molecule has 1 nitrogen and oxygen atoms in total. The number of carbonyl (C=O) groups excluding carboxylic acids is 1. The van der Waals surface area contributed by atoms with Gasteiger partial charge in [0, 0.05) is 12.3 Å². The molecular formula is C9H14O. The third-order valence-corrected chi connectivity index (χ3v) is 1.77. The van der Waals surface area contributed by atoms with E-state index in [0.717, 1.165) is 12.8 Å². The Morgan fingerprint density at radius 2 is 2.40 bits per heavy atom. The van der Waals surface area contributed by atoms with Gasteiger partial charge in [0.15, 0.2) is 0 Å². The minimum Gasteiger partial charge on any atom is -0.299 e. The Kier molecular flexibility index (Phi) is 2.67. The molecule has 0 saturated heterocycles. The molecule has 0 radical (unpaired) electrons. The number of Topliss-reactive ketones (excluding diaryl/α,β-unsaturated/α-hetero) is 1. The first-order chi connectivity index (χ1) is 4.84. The molecule has 0 aromatic heterocycles. The van der Waals surface area contributed by atoms with Crippen molar-refractivity contribution in [2.45, 2.75) is 32.6 Å². The maximum atomic E-state index is 10.5. The molecule has 0 bridgehead atoms. The minimum absolute atomic E-state index is 0.303. The van der Waals surface area contributed by atoms with Crippen LogP contribution in [0.15, 0.2) is 12.2 Å². The number of carbonyl (C=O) groups is 1. The van der Waals surface area contributed by atoms with Crippen molar-refractivity contribution in [1.29, 1.82) is 0 Å². The zero-order chi connectivity index (χ0) is 7.40. The zero-order valence-electron chi connectivity index (χ0n) is 6.47. The summed E-state index contributed by atoms with van der Waals surface area (Å²) in [4.78, 5) is 10.5. The molecule has 0 aromatic rings. The summed E-state index contributed by atoms with van der Waals surface area (Å²) in [5.41, 5.74) is 0. The predicted molar refractivity (Wildman–Crippen MR) is 41.8 cm³/mol. The Labute approximate surface area is 62.1 Å². The van der Waals surface area contributed by atoms with Crippen LogP contribution >= 0.6 is 0 Å². The molecule has 0 heterocycles. The van der Waals surface area contributed by atoms with E-state index in [1.54, 1.807) is 0 Å². The number of rotatable bonds is 4. The lowest BCUT2D eigenvalue weighted by Gasteiger charge is -1.85. The van der Waals surface area contributed by atoms with Gasteiger partial charge in [0.1, 0.15) is 5.78 Å². The number of ketones is 1. The average Bonchev–Trinajstić information content (AvgIpc) is 2.60. The highest BCUT2D eigenvalue weighted by atomic mass is 16.1. The zero-order valence-corrected chi connectivity index (χ0v) is 6.47. The molecule has 1 rings (SSSR count). The van der Waals surface area contributed by atoms with E-state index in [1.807, 2.05) is 0 Å². The fraction of sp³-hybridized carbons (Fsp3) is 0.667. The van der Waals surface area contributed by atoms with Crippen LogP contribution in [0.5, 0.6) is 0 Å². The van der Waals surface area contributed by atoms with Crippen LogP contribution in [0.3, 0.4) is 0 Å². The molecule has 0 N–H and O–H groups in total. The smallest absolute Gasteiger partial charge is 0.141 e. The van der Waals surface area contributed by atoms with E-state index in [4.69, 9.17) is 0 Å². The molecule has 1 fully saturated rings. The molecule has 10 heavy (non-hydrogen) atoms. The number of hydrogen-bond donors (Lipinski definition) is 0. The molecule has 0 aliphatic heterocycles. The van der Waals surface area contributed by atoms with Gasteiger partial charge in [0.05, 0.1) is 0 Å². The monoisotopic (exact) mass is 138 g/mol. The van der Waals surface area contributed by atoms with Gasteiger partial charge in [-0.1, -0.05) is 31.9 Å². The maximum Gasteiger partial charge on any atom is 0.141 e. The SMILES string of the molecule is CCCC/C=C\C1CC1=O. The third-order valence-electron chi connectivity index (χ3n) is 1.77. The van der Waals surface area contributed by atoms with Gasteiger partial charge in [-0.15, -0.1) is 0 Å². The Morgan fingerprint density at radius 3 is 2.90 bits per heavy atom. The molecule has 0 aromatic carbocycles. The van der Waals surface area contributed by atoms with Gasteiger partial charge in [0.25, 0.3) is 0 Å². The molecule has 0 amide bonds. The van der Waals surface area contributed by atoms with Gasteiger partial charge < -0.3 is 0 Å². The first-order valence-corrected chi connectivity index (χ1v) is 4.04. The van der Waals surface area contributed by atoms with Gasteiger partial charge >= 0.3 is 0 Å². The van der Waals surface area contributed by atoms with Crippen LogP contribution in [0.2, 0.25) is 0 Å². The van der Waals surface area contributed by atoms with E-state index in [9.17, 15) is 4.79 Å². The van der Waals surface area contributed by atoms with Crippen molar-refractivity contribution in [1.82, 2.24) is 0 Å². The third kappa shape index (κ3) is 2.34. The van der Waals surface area contributed by atoms with Crippen molar-refractivity contribution in [3.8, 4) is 0 Å². The lowest BCUT2D eigenvalue weighted by molar-refractivity contribution is -0.110. The van der Waals surface area contributed by atoms with E-state index < -0.39 is 0 Å². The van der Waals surface area contributed by atoms with Crippen LogP contribution in [0.25, 0.3) is 0 Å². The van der Waals surface area contributed by atoms with Crippen LogP contribution in [0.1, 0.15) is 32.6 Å². The lowest BCUT2D eigenvalue weighted by Crippen LogP contribution is -1.71. The summed E-state index contributed by atoms with van der Waals surface area (Å²) in [6, 6.07) is 0. The topological polar surface area (TPSA) is 17.1 Å². The number of allylic oxidation sites excluding steroid dienone is 2. The van der Waals surface area contributed by atoms with Gasteiger partial charge in [-0.2, -0.15) is 0 Å². The van der Waals surface area contributed by atoms with Crippen LogP contribution < -0.4 is 0 Å². The second-order valence-electron chi connectivity index (χ2n) is 2.85. The van der Waals surface area contributed by atoms with Crippen molar-refractivity contribution in [3.63, 3.8) is 0 Å². The Bertz CT molecular complexity index is 147. The molecule has 1 aliphatic carbocycles. The van der Waals surface area contributed by atoms with Crippen molar-refractivity contribution < 1.29 is 4.79 Å². The highest BCUT2D eigenvalue weighted by Gasteiger charge is 2.31. The average molecular weight is 138 g/mol.